The van der Waals surface area contributed by atoms with Crippen LogP contribution in [-0.4, -0.2) is 83.7 Å². The summed E-state index contributed by atoms with van der Waals surface area (Å²) in [6.07, 6.45) is 1.44. The molecule has 2 aliphatic heterocycles. The normalized spacial score (nSPS) is 23.9. The third-order valence-corrected chi connectivity index (χ3v) is 4.98. The molecule has 0 aromatic rings. The van der Waals surface area contributed by atoms with Crippen molar-refractivity contribution in [3.8, 4) is 0 Å². The fourth-order valence-corrected chi connectivity index (χ4v) is 3.81. The van der Waals surface area contributed by atoms with Crippen LogP contribution in [0, 0.1) is 0 Å². The van der Waals surface area contributed by atoms with Crippen LogP contribution < -0.4 is 0 Å². The molecule has 0 bridgehead atoms. The Kier molecular flexibility index (Phi) is 5.64. The second-order valence-electron chi connectivity index (χ2n) is 5.81. The quantitative estimate of drug-likeness (QED) is 0.686. The van der Waals surface area contributed by atoms with Crippen molar-refractivity contribution in [2.24, 2.45) is 0 Å². The summed E-state index contributed by atoms with van der Waals surface area (Å²) >= 11 is 1.86. The molecule has 0 aromatic carbocycles. The SMILES string of the molecule is CN(C)CC1CSCCCN1C(=O)CN1C(=O)CCC1=O. The minimum absolute atomic E-state index is 0.0910. The summed E-state index contributed by atoms with van der Waals surface area (Å²) in [4.78, 5) is 40.9. The van der Waals surface area contributed by atoms with E-state index in [0.717, 1.165) is 29.4 Å². The van der Waals surface area contributed by atoms with Gasteiger partial charge < -0.3 is 9.80 Å². The van der Waals surface area contributed by atoms with Crippen LogP contribution in [0.1, 0.15) is 19.3 Å². The molecule has 2 fully saturated rings. The molecule has 6 nitrogen and oxygen atoms in total. The van der Waals surface area contributed by atoms with Crippen LogP contribution in [0.5, 0.6) is 0 Å². The van der Waals surface area contributed by atoms with E-state index in [9.17, 15) is 14.4 Å². The molecule has 1 unspecified atom stereocenters. The summed E-state index contributed by atoms with van der Waals surface area (Å²) in [6.45, 7) is 1.42. The van der Waals surface area contributed by atoms with Gasteiger partial charge in [-0.1, -0.05) is 0 Å². The number of imide groups is 1. The molecular formula is C14H23N3O3S. The Morgan fingerprint density at radius 3 is 2.57 bits per heavy atom. The largest absolute Gasteiger partial charge is 0.336 e. The maximum absolute atomic E-state index is 12.5. The number of carbonyl (C=O) groups excluding carboxylic acids is 3. The average molecular weight is 313 g/mol. The fraction of sp³-hybridized carbons (Fsp3) is 0.786. The van der Waals surface area contributed by atoms with Crippen LogP contribution in [0.3, 0.4) is 0 Å². The molecule has 2 rings (SSSR count). The highest BCUT2D eigenvalue weighted by Gasteiger charge is 2.34. The number of hydrogen-bond donors (Lipinski definition) is 0. The van der Waals surface area contributed by atoms with Crippen LogP contribution >= 0.6 is 11.8 Å². The monoisotopic (exact) mass is 313 g/mol. The van der Waals surface area contributed by atoms with E-state index < -0.39 is 0 Å². The first-order valence-electron chi connectivity index (χ1n) is 7.34. The van der Waals surface area contributed by atoms with E-state index in [-0.39, 0.29) is 43.1 Å². The number of rotatable bonds is 4. The lowest BCUT2D eigenvalue weighted by molar-refractivity contribution is -0.146. The van der Waals surface area contributed by atoms with Gasteiger partial charge >= 0.3 is 0 Å². The molecule has 0 aromatic heterocycles. The van der Waals surface area contributed by atoms with Crippen molar-refractivity contribution in [1.82, 2.24) is 14.7 Å². The van der Waals surface area contributed by atoms with Gasteiger partial charge in [-0.3, -0.25) is 19.3 Å². The summed E-state index contributed by atoms with van der Waals surface area (Å²) in [5.41, 5.74) is 0. The molecule has 2 heterocycles. The number of likely N-dealkylation sites (N-methyl/N-ethyl adjacent to an activating group) is 1. The highest BCUT2D eigenvalue weighted by Crippen LogP contribution is 2.18. The predicted octanol–water partition coefficient (Wildman–Crippen LogP) is 0.0311. The van der Waals surface area contributed by atoms with Gasteiger partial charge in [0.15, 0.2) is 0 Å². The van der Waals surface area contributed by atoms with E-state index in [4.69, 9.17) is 0 Å². The summed E-state index contributed by atoms with van der Waals surface area (Å²) in [7, 11) is 3.98. The number of thioether (sulfide) groups is 1. The maximum Gasteiger partial charge on any atom is 0.243 e. The van der Waals surface area contributed by atoms with E-state index in [0.29, 0.717) is 6.54 Å². The molecular weight excluding hydrogens is 290 g/mol. The van der Waals surface area contributed by atoms with E-state index in [1.54, 1.807) is 0 Å². The molecule has 2 saturated heterocycles. The van der Waals surface area contributed by atoms with Gasteiger partial charge in [0.05, 0.1) is 6.04 Å². The zero-order valence-electron chi connectivity index (χ0n) is 12.7. The Morgan fingerprint density at radius 2 is 1.95 bits per heavy atom. The van der Waals surface area contributed by atoms with E-state index >= 15 is 0 Å². The number of nitrogens with zero attached hydrogens (tertiary/aromatic N) is 3. The molecule has 3 amide bonds. The number of hydrogen-bond acceptors (Lipinski definition) is 5. The van der Waals surface area contributed by atoms with E-state index in [1.165, 1.54) is 0 Å². The number of likely N-dealkylation sites (tertiary alicyclic amines) is 1. The smallest absolute Gasteiger partial charge is 0.243 e. The second-order valence-corrected chi connectivity index (χ2v) is 6.96. The van der Waals surface area contributed by atoms with Gasteiger partial charge in [0.2, 0.25) is 17.7 Å². The molecule has 2 aliphatic rings. The van der Waals surface area contributed by atoms with Crippen LogP contribution in [-0.2, 0) is 14.4 Å². The van der Waals surface area contributed by atoms with Crippen LogP contribution in [0.25, 0.3) is 0 Å². The zero-order chi connectivity index (χ0) is 15.4. The topological polar surface area (TPSA) is 60.9 Å². The first kappa shape index (κ1) is 16.3. The van der Waals surface area contributed by atoms with E-state index in [2.05, 4.69) is 4.90 Å². The molecule has 0 spiro atoms. The third kappa shape index (κ3) is 4.20. The van der Waals surface area contributed by atoms with Crippen LogP contribution in [0.15, 0.2) is 0 Å². The minimum atomic E-state index is -0.221. The van der Waals surface area contributed by atoms with Gasteiger partial charge in [0, 0.05) is 31.7 Å². The summed E-state index contributed by atoms with van der Waals surface area (Å²) < 4.78 is 0. The van der Waals surface area contributed by atoms with E-state index in [1.807, 2.05) is 30.8 Å². The Labute approximate surface area is 129 Å². The molecule has 7 heteroatoms. The van der Waals surface area contributed by atoms with Crippen molar-refractivity contribution in [3.05, 3.63) is 0 Å². The summed E-state index contributed by atoms with van der Waals surface area (Å²) in [5, 5.41) is 0. The number of amides is 3. The van der Waals surface area contributed by atoms with Crippen LogP contribution in [0.2, 0.25) is 0 Å². The fourth-order valence-electron chi connectivity index (χ4n) is 2.76. The summed E-state index contributed by atoms with van der Waals surface area (Å²) in [6, 6.07) is 0.146. The van der Waals surface area contributed by atoms with Crippen molar-refractivity contribution in [3.63, 3.8) is 0 Å². The molecule has 0 radical (unpaired) electrons. The Morgan fingerprint density at radius 1 is 1.29 bits per heavy atom. The van der Waals surface area contributed by atoms with Gasteiger partial charge in [-0.2, -0.15) is 11.8 Å². The standard InChI is InChI=1S/C14H23N3O3S/c1-15(2)8-11-10-21-7-3-6-16(11)14(20)9-17-12(18)4-5-13(17)19/h11H,3-10H2,1-2H3. The highest BCUT2D eigenvalue weighted by atomic mass is 32.2. The van der Waals surface area contributed by atoms with Gasteiger partial charge in [0.25, 0.3) is 0 Å². The van der Waals surface area contributed by atoms with Gasteiger partial charge in [-0.05, 0) is 26.3 Å². The molecule has 1 atom stereocenters. The van der Waals surface area contributed by atoms with Crippen molar-refractivity contribution in [2.45, 2.75) is 25.3 Å². The van der Waals surface area contributed by atoms with Crippen molar-refractivity contribution < 1.29 is 14.4 Å². The Hall–Kier alpha value is -1.08. The predicted molar refractivity (Wildman–Crippen MR) is 82.0 cm³/mol. The lowest BCUT2D eigenvalue weighted by Crippen LogP contribution is -2.50. The first-order valence-corrected chi connectivity index (χ1v) is 8.49. The van der Waals surface area contributed by atoms with Gasteiger partial charge in [0.1, 0.15) is 6.54 Å². The molecule has 0 saturated carbocycles. The molecule has 118 valence electrons. The van der Waals surface area contributed by atoms with Crippen molar-refractivity contribution in [1.29, 1.82) is 0 Å². The average Bonchev–Trinajstić information content (AvgIpc) is 2.65. The van der Waals surface area contributed by atoms with Gasteiger partial charge in [-0.15, -0.1) is 0 Å². The Balaban J connectivity index is 2.03. The second kappa shape index (κ2) is 7.26. The maximum atomic E-state index is 12.5. The highest BCUT2D eigenvalue weighted by molar-refractivity contribution is 7.99. The Bertz CT molecular complexity index is 412. The number of carbonyl (C=O) groups is 3. The zero-order valence-corrected chi connectivity index (χ0v) is 13.5. The summed E-state index contributed by atoms with van der Waals surface area (Å²) in [5.74, 6) is 1.41. The van der Waals surface area contributed by atoms with Crippen LogP contribution in [0.4, 0.5) is 0 Å². The van der Waals surface area contributed by atoms with Crippen molar-refractivity contribution in [2.75, 3.05) is 45.2 Å². The molecule has 0 N–H and O–H groups in total. The van der Waals surface area contributed by atoms with Crippen molar-refractivity contribution >= 4 is 29.5 Å². The minimum Gasteiger partial charge on any atom is -0.336 e. The first-order chi connectivity index (χ1) is 9.99. The lowest BCUT2D eigenvalue weighted by atomic mass is 10.2. The molecule has 0 aliphatic carbocycles. The third-order valence-electron chi connectivity index (χ3n) is 3.78. The van der Waals surface area contributed by atoms with Gasteiger partial charge in [-0.25, -0.2) is 0 Å². The molecule has 21 heavy (non-hydrogen) atoms. The lowest BCUT2D eigenvalue weighted by Gasteiger charge is -2.32.